The van der Waals surface area contributed by atoms with Crippen molar-refractivity contribution in [3.05, 3.63) is 117 Å². The maximum Gasteiger partial charge on any atom is 0.330 e. The lowest BCUT2D eigenvalue weighted by Crippen LogP contribution is -2.55. The Balaban J connectivity index is 1.71. The number of nitrogens with zero attached hydrogens (tertiary/aromatic N) is 1. The third kappa shape index (κ3) is 6.60. The highest BCUT2D eigenvalue weighted by atomic mass is 16.4. The molecule has 2 amide bonds. The lowest BCUT2D eigenvalue weighted by Gasteiger charge is -2.28. The van der Waals surface area contributed by atoms with Gasteiger partial charge in [0.15, 0.2) is 6.04 Å². The molecule has 4 atom stereocenters. The highest BCUT2D eigenvalue weighted by Crippen LogP contribution is 2.18. The van der Waals surface area contributed by atoms with Gasteiger partial charge in [-0.1, -0.05) is 93.1 Å². The van der Waals surface area contributed by atoms with Crippen LogP contribution in [-0.2, 0) is 20.8 Å². The zero-order chi connectivity index (χ0) is 29.5. The fourth-order valence-electron chi connectivity index (χ4n) is 4.71. The number of carbonyl (C=O) groups is 3. The molecule has 0 bridgehead atoms. The average Bonchev–Trinajstić information content (AvgIpc) is 2.98. The summed E-state index contributed by atoms with van der Waals surface area (Å²) in [6.07, 6.45) is 0.492. The first-order chi connectivity index (χ1) is 19.7. The highest BCUT2D eigenvalue weighted by molar-refractivity contribution is 5.92. The third-order valence-corrected chi connectivity index (χ3v) is 7.18. The number of carbonyl (C=O) groups excluding carboxylic acids is 2. The van der Waals surface area contributed by atoms with E-state index in [1.807, 2.05) is 13.0 Å². The minimum atomic E-state index is -1.33. The van der Waals surface area contributed by atoms with Crippen molar-refractivity contribution in [1.82, 2.24) is 20.2 Å². The molecule has 1 heterocycles. The van der Waals surface area contributed by atoms with Crippen LogP contribution < -0.4 is 21.9 Å². The number of para-hydroxylation sites is 1. The fourth-order valence-corrected chi connectivity index (χ4v) is 4.71. The normalized spacial score (nSPS) is 14.0. The van der Waals surface area contributed by atoms with Gasteiger partial charge in [0.2, 0.25) is 11.8 Å². The molecule has 0 radical (unpaired) electrons. The summed E-state index contributed by atoms with van der Waals surface area (Å²) in [5.74, 6) is -3.06. The van der Waals surface area contributed by atoms with E-state index in [2.05, 4.69) is 15.6 Å². The van der Waals surface area contributed by atoms with Gasteiger partial charge in [-0.15, -0.1) is 0 Å². The summed E-state index contributed by atoms with van der Waals surface area (Å²) in [6, 6.07) is 19.9. The summed E-state index contributed by atoms with van der Waals surface area (Å²) >= 11 is 0. The maximum atomic E-state index is 13.9. The zero-order valence-corrected chi connectivity index (χ0v) is 22.7. The molecule has 4 aromatic rings. The second-order valence-corrected chi connectivity index (χ2v) is 9.92. The van der Waals surface area contributed by atoms with E-state index in [9.17, 15) is 29.1 Å². The van der Waals surface area contributed by atoms with Crippen LogP contribution in [0.5, 0.6) is 0 Å². The molecule has 212 valence electrons. The molecule has 10 heteroatoms. The maximum absolute atomic E-state index is 13.9. The van der Waals surface area contributed by atoms with Crippen LogP contribution >= 0.6 is 0 Å². The van der Waals surface area contributed by atoms with Crippen LogP contribution in [0.1, 0.15) is 43.5 Å². The first-order valence-corrected chi connectivity index (χ1v) is 13.4. The number of aromatic nitrogens is 2. The van der Waals surface area contributed by atoms with Crippen molar-refractivity contribution in [2.75, 3.05) is 0 Å². The Morgan fingerprint density at radius 3 is 2.10 bits per heavy atom. The Morgan fingerprint density at radius 2 is 1.46 bits per heavy atom. The predicted octanol–water partition coefficient (Wildman–Crippen LogP) is 2.95. The number of fused-ring (bicyclic) bond motifs is 1. The Morgan fingerprint density at radius 1 is 0.854 bits per heavy atom. The third-order valence-electron chi connectivity index (χ3n) is 7.18. The number of aromatic amines is 1. The smallest absolute Gasteiger partial charge is 0.330 e. The molecule has 41 heavy (non-hydrogen) atoms. The van der Waals surface area contributed by atoms with E-state index in [1.54, 1.807) is 85.8 Å². The van der Waals surface area contributed by atoms with Crippen molar-refractivity contribution in [3.8, 4) is 0 Å². The number of hydrogen-bond acceptors (Lipinski definition) is 5. The molecule has 10 nitrogen and oxygen atoms in total. The average molecular weight is 557 g/mol. The van der Waals surface area contributed by atoms with Crippen molar-refractivity contribution in [3.63, 3.8) is 0 Å². The molecular formula is C31H32N4O6. The number of nitrogens with one attached hydrogen (secondary N) is 3. The highest BCUT2D eigenvalue weighted by Gasteiger charge is 2.34. The molecule has 0 aliphatic rings. The predicted molar refractivity (Wildman–Crippen MR) is 154 cm³/mol. The topological polar surface area (TPSA) is 150 Å². The standard InChI is InChI=1S/C31H32N4O6/c1-3-19(2)25(28(37)34-26(30(39)40)21-14-8-5-9-15-21)33-27(36)24(18-20-12-6-4-7-13-20)35-29(38)22-16-10-11-17-23(22)32-31(35)41/h4-17,19,24-26H,3,18H2,1-2H3,(H,32,41)(H,33,36)(H,34,37)(H,39,40)/t19-,24+,25-,26-/m0/s1. The SMILES string of the molecule is CC[C@H](C)[C@H](NC(=O)[C@@H](Cc1ccccc1)n1c(=O)[nH]c2ccccc2c1=O)C(=O)N[C@H](C(=O)O)c1ccccc1. The van der Waals surface area contributed by atoms with Crippen molar-refractivity contribution in [2.45, 2.75) is 44.8 Å². The number of carboxylic acid groups (broad SMARTS) is 1. The Kier molecular flexibility index (Phi) is 9.13. The Bertz CT molecular complexity index is 1650. The van der Waals surface area contributed by atoms with E-state index in [0.29, 0.717) is 23.1 Å². The van der Waals surface area contributed by atoms with Gasteiger partial charge in [-0.2, -0.15) is 0 Å². The number of H-pyrrole nitrogens is 1. The fraction of sp³-hybridized carbons (Fsp3) is 0.258. The number of hydrogen-bond donors (Lipinski definition) is 4. The van der Waals surface area contributed by atoms with Crippen molar-refractivity contribution >= 4 is 28.7 Å². The lowest BCUT2D eigenvalue weighted by molar-refractivity contribution is -0.142. The van der Waals surface area contributed by atoms with Crippen molar-refractivity contribution in [1.29, 1.82) is 0 Å². The van der Waals surface area contributed by atoms with Crippen molar-refractivity contribution in [2.24, 2.45) is 5.92 Å². The summed E-state index contributed by atoms with van der Waals surface area (Å²) in [6.45, 7) is 3.59. The van der Waals surface area contributed by atoms with E-state index >= 15 is 0 Å². The second-order valence-electron chi connectivity index (χ2n) is 9.92. The van der Waals surface area contributed by atoms with Gasteiger partial charge in [-0.25, -0.2) is 14.2 Å². The van der Waals surface area contributed by atoms with E-state index in [-0.39, 0.29) is 11.8 Å². The minimum Gasteiger partial charge on any atom is -0.479 e. The Hall–Kier alpha value is -4.99. The van der Waals surface area contributed by atoms with E-state index in [4.69, 9.17) is 0 Å². The molecule has 3 aromatic carbocycles. The van der Waals surface area contributed by atoms with E-state index < -0.39 is 53.1 Å². The van der Waals surface area contributed by atoms with Gasteiger partial charge in [0.1, 0.15) is 12.1 Å². The number of aliphatic carboxylic acids is 1. The van der Waals surface area contributed by atoms with Gasteiger partial charge >= 0.3 is 11.7 Å². The monoisotopic (exact) mass is 556 g/mol. The van der Waals surface area contributed by atoms with Gasteiger partial charge in [0, 0.05) is 6.42 Å². The summed E-state index contributed by atoms with van der Waals surface area (Å²) in [5, 5.41) is 15.3. The molecule has 0 saturated carbocycles. The van der Waals surface area contributed by atoms with Crippen LogP contribution in [-0.4, -0.2) is 38.5 Å². The van der Waals surface area contributed by atoms with Crippen LogP contribution in [0.2, 0.25) is 0 Å². The number of amides is 2. The summed E-state index contributed by atoms with van der Waals surface area (Å²) in [4.78, 5) is 68.7. The first kappa shape index (κ1) is 29.0. The quantitative estimate of drug-likeness (QED) is 0.223. The zero-order valence-electron chi connectivity index (χ0n) is 22.7. The van der Waals surface area contributed by atoms with Crippen LogP contribution in [0.4, 0.5) is 0 Å². The molecule has 0 aliphatic carbocycles. The van der Waals surface area contributed by atoms with Crippen LogP contribution in [0.25, 0.3) is 10.9 Å². The summed E-state index contributed by atoms with van der Waals surface area (Å²) in [5.41, 5.74) is 0.0184. The molecule has 0 fully saturated rings. The van der Waals surface area contributed by atoms with Crippen LogP contribution in [0.15, 0.2) is 94.5 Å². The molecule has 4 rings (SSSR count). The second kappa shape index (κ2) is 12.9. The minimum absolute atomic E-state index is 0.00457. The van der Waals surface area contributed by atoms with Crippen LogP contribution in [0, 0.1) is 5.92 Å². The molecule has 0 saturated heterocycles. The first-order valence-electron chi connectivity index (χ1n) is 13.4. The number of carboxylic acids is 1. The van der Waals surface area contributed by atoms with Gasteiger partial charge < -0.3 is 20.7 Å². The van der Waals surface area contributed by atoms with Gasteiger partial charge in [-0.3, -0.25) is 14.4 Å². The van der Waals surface area contributed by atoms with E-state index in [0.717, 1.165) is 4.57 Å². The number of rotatable bonds is 11. The number of benzene rings is 3. The van der Waals surface area contributed by atoms with Gasteiger partial charge in [0.05, 0.1) is 10.9 Å². The molecule has 0 aliphatic heterocycles. The summed E-state index contributed by atoms with van der Waals surface area (Å²) < 4.78 is 0.875. The lowest BCUT2D eigenvalue weighted by atomic mass is 9.96. The largest absolute Gasteiger partial charge is 0.479 e. The molecule has 0 spiro atoms. The van der Waals surface area contributed by atoms with Crippen LogP contribution in [0.3, 0.4) is 0 Å². The van der Waals surface area contributed by atoms with Gasteiger partial charge in [-0.05, 0) is 29.2 Å². The van der Waals surface area contributed by atoms with Crippen molar-refractivity contribution < 1.29 is 19.5 Å². The molecular weight excluding hydrogens is 524 g/mol. The molecule has 1 aromatic heterocycles. The molecule has 0 unspecified atom stereocenters. The Labute approximate surface area is 236 Å². The van der Waals surface area contributed by atoms with Gasteiger partial charge in [0.25, 0.3) is 5.56 Å². The summed E-state index contributed by atoms with van der Waals surface area (Å²) in [7, 11) is 0. The van der Waals surface area contributed by atoms with E-state index in [1.165, 1.54) is 0 Å². The molecule has 4 N–H and O–H groups in total.